The standard InChI is InChI=1S/C12H22N2O/c1-2-3-4-8-14-10-6-5-7-11(14)12(15)13-9-10/h10-11H,2-9H2,1H3,(H,13,15). The van der Waals surface area contributed by atoms with E-state index in [1.807, 2.05) is 0 Å². The Bertz CT molecular complexity index is 230. The van der Waals surface area contributed by atoms with E-state index in [4.69, 9.17) is 0 Å². The van der Waals surface area contributed by atoms with Crippen LogP contribution in [0.5, 0.6) is 0 Å². The van der Waals surface area contributed by atoms with Crippen molar-refractivity contribution in [1.29, 1.82) is 0 Å². The SMILES string of the molecule is CCCCCN1C2CCCC1C(=O)NC2. The molecule has 2 bridgehead atoms. The Morgan fingerprint density at radius 2 is 2.27 bits per heavy atom. The molecule has 2 rings (SSSR count). The van der Waals surface area contributed by atoms with Crippen LogP contribution in [0.15, 0.2) is 0 Å². The van der Waals surface area contributed by atoms with Crippen molar-refractivity contribution < 1.29 is 4.79 Å². The normalized spacial score (nSPS) is 31.4. The Morgan fingerprint density at radius 3 is 3.07 bits per heavy atom. The molecule has 2 heterocycles. The highest BCUT2D eigenvalue weighted by atomic mass is 16.2. The number of hydrogen-bond donors (Lipinski definition) is 1. The van der Waals surface area contributed by atoms with E-state index in [0.717, 1.165) is 19.5 Å². The molecular weight excluding hydrogens is 188 g/mol. The van der Waals surface area contributed by atoms with Gasteiger partial charge in [-0.25, -0.2) is 0 Å². The van der Waals surface area contributed by atoms with E-state index >= 15 is 0 Å². The topological polar surface area (TPSA) is 32.3 Å². The fourth-order valence-corrected chi connectivity index (χ4v) is 2.85. The number of amides is 1. The third-order valence-corrected chi connectivity index (χ3v) is 3.72. The van der Waals surface area contributed by atoms with Crippen LogP contribution in [-0.4, -0.2) is 36.0 Å². The second kappa shape index (κ2) is 4.97. The minimum absolute atomic E-state index is 0.189. The van der Waals surface area contributed by atoms with Gasteiger partial charge in [-0.05, 0) is 32.2 Å². The molecule has 0 aromatic heterocycles. The molecule has 15 heavy (non-hydrogen) atoms. The quantitative estimate of drug-likeness (QED) is 0.714. The summed E-state index contributed by atoms with van der Waals surface area (Å²) < 4.78 is 0. The summed E-state index contributed by atoms with van der Waals surface area (Å²) in [4.78, 5) is 14.2. The highest BCUT2D eigenvalue weighted by Gasteiger charge is 2.38. The number of unbranched alkanes of at least 4 members (excludes halogenated alkanes) is 2. The van der Waals surface area contributed by atoms with Crippen LogP contribution in [-0.2, 0) is 4.79 Å². The number of nitrogens with one attached hydrogen (secondary N) is 1. The van der Waals surface area contributed by atoms with Gasteiger partial charge in [-0.2, -0.15) is 0 Å². The Balaban J connectivity index is 1.92. The predicted octanol–water partition coefficient (Wildman–Crippen LogP) is 1.53. The zero-order valence-corrected chi connectivity index (χ0v) is 9.67. The fourth-order valence-electron chi connectivity index (χ4n) is 2.85. The first kappa shape index (κ1) is 10.9. The minimum atomic E-state index is 0.189. The van der Waals surface area contributed by atoms with E-state index in [9.17, 15) is 4.79 Å². The zero-order chi connectivity index (χ0) is 10.7. The molecular formula is C12H22N2O. The van der Waals surface area contributed by atoms with E-state index < -0.39 is 0 Å². The van der Waals surface area contributed by atoms with Gasteiger partial charge in [-0.3, -0.25) is 9.69 Å². The second-order valence-electron chi connectivity index (χ2n) is 4.79. The monoisotopic (exact) mass is 210 g/mol. The van der Waals surface area contributed by atoms with E-state index in [0.29, 0.717) is 6.04 Å². The van der Waals surface area contributed by atoms with Crippen molar-refractivity contribution in [3.63, 3.8) is 0 Å². The molecule has 2 unspecified atom stereocenters. The summed E-state index contributed by atoms with van der Waals surface area (Å²) in [7, 11) is 0. The molecule has 0 saturated carbocycles. The third kappa shape index (κ3) is 2.33. The molecule has 2 saturated heterocycles. The van der Waals surface area contributed by atoms with Gasteiger partial charge in [0.2, 0.25) is 5.91 Å². The van der Waals surface area contributed by atoms with Gasteiger partial charge in [0.25, 0.3) is 0 Å². The van der Waals surface area contributed by atoms with E-state index in [1.165, 1.54) is 32.1 Å². The molecule has 0 radical (unpaired) electrons. The van der Waals surface area contributed by atoms with Crippen molar-refractivity contribution in [3.05, 3.63) is 0 Å². The van der Waals surface area contributed by atoms with Crippen molar-refractivity contribution >= 4 is 5.91 Å². The summed E-state index contributed by atoms with van der Waals surface area (Å²) >= 11 is 0. The number of fused-ring (bicyclic) bond motifs is 2. The molecule has 1 amide bonds. The molecule has 2 aliphatic rings. The molecule has 86 valence electrons. The lowest BCUT2D eigenvalue weighted by Gasteiger charge is -2.45. The molecule has 2 fully saturated rings. The van der Waals surface area contributed by atoms with Crippen LogP contribution in [0.4, 0.5) is 0 Å². The first-order chi connectivity index (χ1) is 7.33. The van der Waals surface area contributed by atoms with Crippen molar-refractivity contribution in [1.82, 2.24) is 10.2 Å². The van der Waals surface area contributed by atoms with E-state index in [2.05, 4.69) is 17.1 Å². The number of piperazine rings is 1. The number of hydrogen-bond acceptors (Lipinski definition) is 2. The Hall–Kier alpha value is -0.570. The maximum atomic E-state index is 11.7. The zero-order valence-electron chi connectivity index (χ0n) is 9.67. The summed E-state index contributed by atoms with van der Waals surface area (Å²) in [5.74, 6) is 0.266. The Labute approximate surface area is 92.2 Å². The van der Waals surface area contributed by atoms with Crippen molar-refractivity contribution in [2.75, 3.05) is 13.1 Å². The first-order valence-electron chi connectivity index (χ1n) is 6.36. The van der Waals surface area contributed by atoms with E-state index in [1.54, 1.807) is 0 Å². The lowest BCUT2D eigenvalue weighted by Crippen LogP contribution is -2.62. The van der Waals surface area contributed by atoms with Gasteiger partial charge in [-0.15, -0.1) is 0 Å². The number of carbonyl (C=O) groups excluding carboxylic acids is 1. The maximum absolute atomic E-state index is 11.7. The first-order valence-corrected chi connectivity index (χ1v) is 6.36. The lowest BCUT2D eigenvalue weighted by atomic mass is 9.91. The molecule has 2 atom stereocenters. The van der Waals surface area contributed by atoms with Crippen molar-refractivity contribution in [2.45, 2.75) is 57.5 Å². The fraction of sp³-hybridized carbons (Fsp3) is 0.917. The summed E-state index contributed by atoms with van der Waals surface area (Å²) in [6.45, 7) is 4.22. The number of nitrogens with zero attached hydrogens (tertiary/aromatic N) is 1. The van der Waals surface area contributed by atoms with Crippen LogP contribution in [0.25, 0.3) is 0 Å². The Morgan fingerprint density at radius 1 is 1.40 bits per heavy atom. The van der Waals surface area contributed by atoms with Gasteiger partial charge in [-0.1, -0.05) is 19.8 Å². The maximum Gasteiger partial charge on any atom is 0.237 e. The predicted molar refractivity (Wildman–Crippen MR) is 60.7 cm³/mol. The summed E-state index contributed by atoms with van der Waals surface area (Å²) in [5.41, 5.74) is 0. The largest absolute Gasteiger partial charge is 0.353 e. The van der Waals surface area contributed by atoms with Crippen molar-refractivity contribution in [3.8, 4) is 0 Å². The number of piperidine rings is 1. The van der Waals surface area contributed by atoms with Crippen LogP contribution in [0, 0.1) is 0 Å². The average Bonchev–Trinajstić information content (AvgIpc) is 2.24. The highest BCUT2D eigenvalue weighted by molar-refractivity contribution is 5.82. The molecule has 0 spiro atoms. The molecule has 2 aliphatic heterocycles. The molecule has 1 N–H and O–H groups in total. The summed E-state index contributed by atoms with van der Waals surface area (Å²) in [6, 6.07) is 0.813. The summed E-state index contributed by atoms with van der Waals surface area (Å²) in [6.07, 6.45) is 7.36. The smallest absolute Gasteiger partial charge is 0.237 e. The van der Waals surface area contributed by atoms with E-state index in [-0.39, 0.29) is 11.9 Å². The van der Waals surface area contributed by atoms with Gasteiger partial charge in [0, 0.05) is 12.6 Å². The number of rotatable bonds is 4. The van der Waals surface area contributed by atoms with Crippen LogP contribution < -0.4 is 5.32 Å². The van der Waals surface area contributed by atoms with Gasteiger partial charge in [0.15, 0.2) is 0 Å². The molecule has 3 heteroatoms. The van der Waals surface area contributed by atoms with Crippen molar-refractivity contribution in [2.24, 2.45) is 0 Å². The summed E-state index contributed by atoms with van der Waals surface area (Å²) in [5, 5.41) is 3.02. The third-order valence-electron chi connectivity index (χ3n) is 3.72. The highest BCUT2D eigenvalue weighted by Crippen LogP contribution is 2.26. The number of carbonyl (C=O) groups is 1. The second-order valence-corrected chi connectivity index (χ2v) is 4.79. The van der Waals surface area contributed by atoms with Crippen LogP contribution in [0.3, 0.4) is 0 Å². The van der Waals surface area contributed by atoms with Crippen LogP contribution >= 0.6 is 0 Å². The van der Waals surface area contributed by atoms with Gasteiger partial charge >= 0.3 is 0 Å². The lowest BCUT2D eigenvalue weighted by molar-refractivity contribution is -0.133. The molecule has 0 aromatic rings. The van der Waals surface area contributed by atoms with Crippen LogP contribution in [0.2, 0.25) is 0 Å². The van der Waals surface area contributed by atoms with Crippen LogP contribution in [0.1, 0.15) is 45.4 Å². The minimum Gasteiger partial charge on any atom is -0.353 e. The van der Waals surface area contributed by atoms with Gasteiger partial charge in [0.1, 0.15) is 0 Å². The Kier molecular flexibility index (Phi) is 3.62. The average molecular weight is 210 g/mol. The van der Waals surface area contributed by atoms with Gasteiger partial charge < -0.3 is 5.32 Å². The molecule has 3 nitrogen and oxygen atoms in total. The van der Waals surface area contributed by atoms with Gasteiger partial charge in [0.05, 0.1) is 6.04 Å². The molecule has 0 aromatic carbocycles. The molecule has 0 aliphatic carbocycles.